The van der Waals surface area contributed by atoms with Crippen LogP contribution in [0.25, 0.3) is 34.4 Å². The number of benzene rings is 4. The van der Waals surface area contributed by atoms with E-state index in [0.717, 1.165) is 7.35 Å². The first-order valence-electron chi connectivity index (χ1n) is 20.1. The van der Waals surface area contributed by atoms with Gasteiger partial charge in [-0.2, -0.15) is 0 Å². The van der Waals surface area contributed by atoms with Crippen LogP contribution >= 0.6 is 24.8 Å². The average Bonchev–Trinajstić information content (AvgIpc) is 3.36. The Hall–Kier alpha value is -2.19. The van der Waals surface area contributed by atoms with Gasteiger partial charge in [-0.15, -0.1) is 24.8 Å². The molecule has 8 rings (SSSR count). The Morgan fingerprint density at radius 1 is 0.509 bits per heavy atom. The molecule has 2 fully saturated rings. The van der Waals surface area contributed by atoms with Crippen molar-refractivity contribution in [2.24, 2.45) is 10.8 Å². The maximum Gasteiger partial charge on any atom is -0.147 e. The van der Waals surface area contributed by atoms with Crippen molar-refractivity contribution < 1.29 is 20.0 Å². The summed E-state index contributed by atoms with van der Waals surface area (Å²) in [6, 6.07) is 33.8. The Morgan fingerprint density at radius 3 is 1.19 bits per heavy atom. The second-order valence-electron chi connectivity index (χ2n) is 19.2. The fraction of sp³-hybridized carbons (Fsp3) is 0.440. The van der Waals surface area contributed by atoms with Crippen LogP contribution in [0.5, 0.6) is 0 Å². The Morgan fingerprint density at radius 2 is 0.868 bits per heavy atom. The molecule has 280 valence electrons. The zero-order chi connectivity index (χ0) is 36.0. The third-order valence-electron chi connectivity index (χ3n) is 13.6. The molecule has 1 aliphatic heterocycles. The van der Waals surface area contributed by atoms with Gasteiger partial charge in [-0.1, -0.05) is 0 Å². The van der Waals surface area contributed by atoms with Gasteiger partial charge in [-0.3, -0.25) is 0 Å². The van der Waals surface area contributed by atoms with Crippen LogP contribution in [0.4, 0.5) is 0 Å². The minimum Gasteiger partial charge on any atom is -0.147 e. The van der Waals surface area contributed by atoms with Crippen LogP contribution < -0.4 is 0 Å². The standard InChI is InChI=1S/2C22H25.C6H10.2ClH.Hf/c2*1-15(2)16-9-11-17(12-10-16)20-8-6-7-18-13-19(14-21(18)20)22(3,4)5;1-2-4-6-5-3-1;;;/h2*6-15H,1-5H3;1-2H,3-6H2;2*1H;. The van der Waals surface area contributed by atoms with Gasteiger partial charge < -0.3 is 0 Å². The summed E-state index contributed by atoms with van der Waals surface area (Å²) in [6.07, 6.45) is 11.2. The first-order valence-corrected chi connectivity index (χ1v) is 28.4. The molecule has 0 radical (unpaired) electrons. The smallest absolute Gasteiger partial charge is 0.147 e. The van der Waals surface area contributed by atoms with Crippen molar-refractivity contribution in [2.45, 2.75) is 121 Å². The molecule has 0 N–H and O–H groups in total. The van der Waals surface area contributed by atoms with E-state index in [9.17, 15) is 0 Å². The maximum absolute atomic E-state index is 3.41. The first-order chi connectivity index (χ1) is 24.2. The molecular formula is C50H62Cl2Hf. The number of allylic oxidation sites excluding steroid dienone is 2. The average molecular weight is 912 g/mol. The fourth-order valence-corrected chi connectivity index (χ4v) is 47.8. The molecule has 4 atom stereocenters. The van der Waals surface area contributed by atoms with Crippen molar-refractivity contribution in [2.75, 3.05) is 0 Å². The van der Waals surface area contributed by atoms with Gasteiger partial charge in [0.05, 0.1) is 0 Å². The van der Waals surface area contributed by atoms with Crippen LogP contribution in [0.3, 0.4) is 0 Å². The molecule has 3 heteroatoms. The molecule has 1 saturated heterocycles. The molecule has 4 unspecified atom stereocenters. The van der Waals surface area contributed by atoms with Crippen molar-refractivity contribution in [1.29, 1.82) is 0 Å². The van der Waals surface area contributed by atoms with E-state index in [1.807, 2.05) is 0 Å². The molecule has 4 aromatic rings. The summed E-state index contributed by atoms with van der Waals surface area (Å²) in [5.41, 5.74) is 18.6. The Kier molecular flexibility index (Phi) is 11.2. The molecule has 0 nitrogen and oxygen atoms in total. The van der Waals surface area contributed by atoms with Gasteiger partial charge in [-0.25, -0.2) is 0 Å². The number of fused-ring (bicyclic) bond motifs is 3. The number of hydrogen-bond donors (Lipinski definition) is 0. The number of hydrogen-bond acceptors (Lipinski definition) is 0. The minimum atomic E-state index is -3.41. The summed E-state index contributed by atoms with van der Waals surface area (Å²) >= 11 is -3.41. The predicted molar refractivity (Wildman–Crippen MR) is 233 cm³/mol. The van der Waals surface area contributed by atoms with Crippen LogP contribution in [0.1, 0.15) is 147 Å². The van der Waals surface area contributed by atoms with Gasteiger partial charge in [0.25, 0.3) is 0 Å². The van der Waals surface area contributed by atoms with Crippen molar-refractivity contribution in [1.82, 2.24) is 0 Å². The molecule has 0 bridgehead atoms. The van der Waals surface area contributed by atoms with Crippen LogP contribution in [-0.2, 0) is 20.0 Å². The van der Waals surface area contributed by atoms with E-state index in [1.165, 1.54) is 70.2 Å². The monoisotopic (exact) mass is 912 g/mol. The van der Waals surface area contributed by atoms with E-state index in [1.54, 1.807) is 22.3 Å². The molecule has 0 amide bonds. The summed E-state index contributed by atoms with van der Waals surface area (Å²) in [5, 5.41) is 0. The van der Waals surface area contributed by atoms with E-state index >= 15 is 0 Å². The molecule has 0 spiro atoms. The van der Waals surface area contributed by atoms with Crippen molar-refractivity contribution in [3.05, 3.63) is 129 Å². The Bertz CT molecular complexity index is 1880. The summed E-state index contributed by atoms with van der Waals surface area (Å²) in [6.45, 7) is 24.3. The minimum absolute atomic E-state index is 0. The molecule has 1 heterocycles. The van der Waals surface area contributed by atoms with Gasteiger partial charge in [-0.05, 0) is 0 Å². The van der Waals surface area contributed by atoms with E-state index in [4.69, 9.17) is 0 Å². The van der Waals surface area contributed by atoms with E-state index in [0.29, 0.717) is 19.2 Å². The quantitative estimate of drug-likeness (QED) is 0.169. The van der Waals surface area contributed by atoms with Crippen LogP contribution in [0.15, 0.2) is 96.1 Å². The molecule has 3 aliphatic carbocycles. The maximum atomic E-state index is 2.72. The van der Waals surface area contributed by atoms with Gasteiger partial charge in [0.1, 0.15) is 0 Å². The fourth-order valence-electron chi connectivity index (χ4n) is 11.0. The van der Waals surface area contributed by atoms with Gasteiger partial charge in [0.2, 0.25) is 0 Å². The van der Waals surface area contributed by atoms with Crippen molar-refractivity contribution >= 4 is 37.0 Å². The molecular weight excluding hydrogens is 850 g/mol. The molecule has 0 aromatic heterocycles. The van der Waals surface area contributed by atoms with Crippen molar-refractivity contribution in [3.63, 3.8) is 0 Å². The molecule has 53 heavy (non-hydrogen) atoms. The summed E-state index contributed by atoms with van der Waals surface area (Å²) in [5.74, 6) is 1.09. The van der Waals surface area contributed by atoms with Crippen molar-refractivity contribution in [3.8, 4) is 22.3 Å². The van der Waals surface area contributed by atoms with Gasteiger partial charge >= 0.3 is 316 Å². The zero-order valence-electron chi connectivity index (χ0n) is 33.8. The Labute approximate surface area is 338 Å². The van der Waals surface area contributed by atoms with E-state index in [2.05, 4.69) is 166 Å². The third kappa shape index (κ3) is 6.65. The largest absolute Gasteiger partial charge is 0.147 e. The second kappa shape index (κ2) is 14.7. The third-order valence-corrected chi connectivity index (χ3v) is 38.0. The summed E-state index contributed by atoms with van der Waals surface area (Å²) < 4.78 is 3.20. The number of rotatable bonds is 6. The predicted octanol–water partition coefficient (Wildman–Crippen LogP) is 16.1. The molecule has 4 aliphatic rings. The van der Waals surface area contributed by atoms with Gasteiger partial charge in [0.15, 0.2) is 0 Å². The first kappa shape index (κ1) is 40.5. The van der Waals surface area contributed by atoms with E-state index in [-0.39, 0.29) is 35.6 Å². The van der Waals surface area contributed by atoms with Crippen LogP contribution in [0.2, 0.25) is 7.35 Å². The molecule has 4 aromatic carbocycles. The van der Waals surface area contributed by atoms with Crippen LogP contribution in [-0.4, -0.2) is 0 Å². The second-order valence-corrected chi connectivity index (χ2v) is 35.9. The Balaban J connectivity index is 0.00000240. The topological polar surface area (TPSA) is 0 Å². The molecule has 1 saturated carbocycles. The van der Waals surface area contributed by atoms with E-state index < -0.39 is 20.0 Å². The normalized spacial score (nSPS) is 24.5. The summed E-state index contributed by atoms with van der Waals surface area (Å²) in [7, 11) is 0. The summed E-state index contributed by atoms with van der Waals surface area (Å²) in [4.78, 5) is 0. The number of halogens is 2. The zero-order valence-corrected chi connectivity index (χ0v) is 39.1. The SMILES string of the molecule is CC(C)c1ccc(-c2cccc3c2C=C(C(C)(C)C)[CH]3[Hf]2([CH]3C(C(C)(C)C)=Cc4c(-c5ccc(C(C)C)cc5)cccc43)[CH]3CCCC[CH]32)cc1.Cl.Cl. The van der Waals surface area contributed by atoms with Crippen LogP contribution in [0, 0.1) is 10.8 Å². The van der Waals surface area contributed by atoms with Gasteiger partial charge in [0, 0.05) is 0 Å².